The second kappa shape index (κ2) is 8.47. The Morgan fingerprint density at radius 3 is 2.53 bits per heavy atom. The first-order valence-corrected chi connectivity index (χ1v) is 9.60. The number of anilines is 1. The summed E-state index contributed by atoms with van der Waals surface area (Å²) >= 11 is 0. The molecule has 2 N–H and O–H groups in total. The van der Waals surface area contributed by atoms with Gasteiger partial charge in [0, 0.05) is 30.9 Å². The number of amides is 2. The summed E-state index contributed by atoms with van der Waals surface area (Å²) in [5.74, 6) is -7.71. The third-order valence-corrected chi connectivity index (χ3v) is 4.98. The molecule has 10 heteroatoms. The van der Waals surface area contributed by atoms with E-state index >= 15 is 0 Å². The number of alkyl halides is 2. The minimum atomic E-state index is -4.15. The molecule has 0 atom stereocenters. The Morgan fingerprint density at radius 1 is 1.27 bits per heavy atom. The third-order valence-electron chi connectivity index (χ3n) is 4.98. The molecule has 0 aliphatic carbocycles. The first kappa shape index (κ1) is 21.8. The van der Waals surface area contributed by atoms with Crippen LogP contribution < -0.4 is 5.32 Å². The number of carbonyl (C=O) groups excluding carboxylic acids is 2. The molecule has 0 saturated carbocycles. The fraction of sp³-hybridized carbons (Fsp3) is 0.450. The average molecular weight is 424 g/mol. The maximum absolute atomic E-state index is 14.8. The van der Waals surface area contributed by atoms with Gasteiger partial charge >= 0.3 is 5.92 Å². The van der Waals surface area contributed by atoms with E-state index in [0.717, 1.165) is 17.0 Å². The predicted octanol–water partition coefficient (Wildman–Crippen LogP) is 2.93. The average Bonchev–Trinajstić information content (AvgIpc) is 3.17. The molecule has 162 valence electrons. The van der Waals surface area contributed by atoms with E-state index in [4.69, 9.17) is 0 Å². The summed E-state index contributed by atoms with van der Waals surface area (Å²) in [6.45, 7) is 3.70. The van der Waals surface area contributed by atoms with Gasteiger partial charge in [0.25, 0.3) is 11.8 Å². The van der Waals surface area contributed by atoms with E-state index in [1.165, 1.54) is 6.20 Å². The molecule has 2 amide bonds. The Balaban J connectivity index is 1.81. The number of nitrogens with zero attached hydrogens (tertiary/aromatic N) is 3. The number of piperidine rings is 1. The van der Waals surface area contributed by atoms with Crippen LogP contribution in [0.2, 0.25) is 0 Å². The molecule has 1 aromatic carbocycles. The molecule has 1 fully saturated rings. The van der Waals surface area contributed by atoms with Crippen molar-refractivity contribution in [1.82, 2.24) is 14.7 Å². The van der Waals surface area contributed by atoms with Crippen molar-refractivity contribution < 1.29 is 27.9 Å². The number of hydrogen-bond acceptors (Lipinski definition) is 4. The van der Waals surface area contributed by atoms with Crippen molar-refractivity contribution in [1.29, 1.82) is 0 Å². The van der Waals surface area contributed by atoms with Crippen LogP contribution in [0.3, 0.4) is 0 Å². The lowest BCUT2D eigenvalue weighted by atomic mass is 10.0. The highest BCUT2D eigenvalue weighted by Crippen LogP contribution is 2.34. The van der Waals surface area contributed by atoms with Gasteiger partial charge in [-0.2, -0.15) is 13.9 Å². The largest absolute Gasteiger partial charge is 0.393 e. The molecule has 1 aromatic heterocycles. The highest BCUT2D eigenvalue weighted by molar-refractivity contribution is 6.04. The molecule has 7 nitrogen and oxygen atoms in total. The van der Waals surface area contributed by atoms with Crippen LogP contribution in [0.1, 0.15) is 48.7 Å². The fourth-order valence-electron chi connectivity index (χ4n) is 3.18. The van der Waals surface area contributed by atoms with Crippen LogP contribution in [-0.2, 0) is 10.7 Å². The molecule has 30 heavy (non-hydrogen) atoms. The zero-order valence-electron chi connectivity index (χ0n) is 16.6. The summed E-state index contributed by atoms with van der Waals surface area (Å²) < 4.78 is 45.4. The van der Waals surface area contributed by atoms with Gasteiger partial charge in [0.15, 0.2) is 0 Å². The lowest BCUT2D eigenvalue weighted by Crippen LogP contribution is -2.47. The number of likely N-dealkylation sites (tertiary alicyclic amines) is 1. The van der Waals surface area contributed by atoms with Gasteiger partial charge < -0.3 is 15.3 Å². The summed E-state index contributed by atoms with van der Waals surface area (Å²) in [6.07, 6.45) is 2.70. The molecule has 2 aromatic rings. The first-order valence-electron chi connectivity index (χ1n) is 9.60. The normalized spacial score (nSPS) is 15.5. The molecule has 1 aliphatic heterocycles. The van der Waals surface area contributed by atoms with Gasteiger partial charge in [-0.25, -0.2) is 4.39 Å². The number of benzene rings is 1. The molecule has 1 aliphatic rings. The van der Waals surface area contributed by atoms with E-state index in [0.29, 0.717) is 11.8 Å². The summed E-state index contributed by atoms with van der Waals surface area (Å²) in [7, 11) is 0. The fourth-order valence-corrected chi connectivity index (χ4v) is 3.18. The number of nitrogens with one attached hydrogen (secondary N) is 1. The van der Waals surface area contributed by atoms with Crippen molar-refractivity contribution in [3.8, 4) is 0 Å². The van der Waals surface area contributed by atoms with Crippen LogP contribution in [0, 0.1) is 5.82 Å². The molecule has 0 bridgehead atoms. The van der Waals surface area contributed by atoms with Gasteiger partial charge in [-0.15, -0.1) is 0 Å². The molecule has 3 rings (SSSR count). The smallest absolute Gasteiger partial charge is 0.352 e. The minimum Gasteiger partial charge on any atom is -0.393 e. The second-order valence-corrected chi connectivity index (χ2v) is 7.55. The van der Waals surface area contributed by atoms with E-state index in [1.54, 1.807) is 10.9 Å². The number of aliphatic hydroxyl groups is 1. The maximum Gasteiger partial charge on any atom is 0.352 e. The minimum absolute atomic E-state index is 0.0444. The van der Waals surface area contributed by atoms with Crippen LogP contribution in [-0.4, -0.2) is 50.8 Å². The molecule has 0 spiro atoms. The van der Waals surface area contributed by atoms with Gasteiger partial charge in [0.1, 0.15) is 5.82 Å². The number of rotatable bonds is 5. The Morgan fingerprint density at radius 2 is 1.93 bits per heavy atom. The van der Waals surface area contributed by atoms with E-state index in [-0.39, 0.29) is 37.5 Å². The van der Waals surface area contributed by atoms with E-state index < -0.39 is 35.2 Å². The summed E-state index contributed by atoms with van der Waals surface area (Å²) in [4.78, 5) is 25.7. The number of aromatic nitrogens is 2. The van der Waals surface area contributed by atoms with Gasteiger partial charge in [-0.1, -0.05) is 0 Å². The van der Waals surface area contributed by atoms with Crippen LogP contribution >= 0.6 is 0 Å². The number of halogens is 3. The van der Waals surface area contributed by atoms with Gasteiger partial charge in [0.05, 0.1) is 23.6 Å². The third kappa shape index (κ3) is 4.48. The zero-order chi connectivity index (χ0) is 22.1. The Labute approximate surface area is 171 Å². The zero-order valence-corrected chi connectivity index (χ0v) is 16.6. The van der Waals surface area contributed by atoms with Gasteiger partial charge in [-0.3, -0.25) is 14.3 Å². The Bertz CT molecular complexity index is 937. The maximum atomic E-state index is 14.8. The number of hydrogen-bond donors (Lipinski definition) is 2. The highest BCUT2D eigenvalue weighted by Gasteiger charge is 2.46. The quantitative estimate of drug-likeness (QED) is 0.773. The highest BCUT2D eigenvalue weighted by atomic mass is 19.3. The lowest BCUT2D eigenvalue weighted by molar-refractivity contribution is -0.161. The molecular formula is C20H23F3N4O3. The van der Waals surface area contributed by atoms with Crippen molar-refractivity contribution >= 4 is 17.5 Å². The van der Waals surface area contributed by atoms with Crippen molar-refractivity contribution in [2.24, 2.45) is 0 Å². The molecule has 0 radical (unpaired) electrons. The monoisotopic (exact) mass is 424 g/mol. The van der Waals surface area contributed by atoms with Gasteiger partial charge in [0.2, 0.25) is 0 Å². The van der Waals surface area contributed by atoms with Crippen molar-refractivity contribution in [3.05, 3.63) is 47.5 Å². The second-order valence-electron chi connectivity index (χ2n) is 7.55. The van der Waals surface area contributed by atoms with E-state index in [2.05, 4.69) is 10.4 Å². The summed E-state index contributed by atoms with van der Waals surface area (Å²) in [5, 5.41) is 16.1. The van der Waals surface area contributed by atoms with Crippen LogP contribution in [0.5, 0.6) is 0 Å². The predicted molar refractivity (Wildman–Crippen MR) is 103 cm³/mol. The molecule has 1 saturated heterocycles. The Kier molecular flexibility index (Phi) is 6.16. The van der Waals surface area contributed by atoms with Crippen LogP contribution in [0.25, 0.3) is 0 Å². The van der Waals surface area contributed by atoms with Crippen molar-refractivity contribution in [2.75, 3.05) is 18.4 Å². The van der Waals surface area contributed by atoms with E-state index in [1.807, 2.05) is 13.8 Å². The summed E-state index contributed by atoms with van der Waals surface area (Å²) in [5.41, 5.74) is -1.02. The standard InChI is InChI=1S/C20H23F3N4O3/c1-12(2)27-11-14(10-24-27)25-18(29)13-3-4-17(21)16(9-13)20(22,23)19(30)26-7-5-15(28)6-8-26/h3-4,9-12,15,28H,5-8H2,1-2H3,(H,25,29). The number of carbonyl (C=O) groups is 2. The van der Waals surface area contributed by atoms with Crippen LogP contribution in [0.15, 0.2) is 30.6 Å². The topological polar surface area (TPSA) is 87.5 Å². The Hall–Kier alpha value is -2.88. The summed E-state index contributed by atoms with van der Waals surface area (Å²) in [6, 6.07) is 2.56. The molecule has 0 unspecified atom stereocenters. The number of aliphatic hydroxyl groups excluding tert-OH is 1. The van der Waals surface area contributed by atoms with E-state index in [9.17, 15) is 27.9 Å². The molecular weight excluding hydrogens is 401 g/mol. The van der Waals surface area contributed by atoms with Crippen LogP contribution in [0.4, 0.5) is 18.9 Å². The molecule has 2 heterocycles. The van der Waals surface area contributed by atoms with Crippen molar-refractivity contribution in [2.45, 2.75) is 44.8 Å². The van der Waals surface area contributed by atoms with Gasteiger partial charge in [-0.05, 0) is 44.9 Å². The SMILES string of the molecule is CC(C)n1cc(NC(=O)c2ccc(F)c(C(F)(F)C(=O)N3CCC(O)CC3)c2)cn1. The van der Waals surface area contributed by atoms with Crippen molar-refractivity contribution in [3.63, 3.8) is 0 Å². The lowest BCUT2D eigenvalue weighted by Gasteiger charge is -2.32. The first-order chi connectivity index (χ1) is 14.1.